The minimum atomic E-state index is 0. The fourth-order valence-electron chi connectivity index (χ4n) is 5.97. The molecule has 0 bridgehead atoms. The van der Waals surface area contributed by atoms with Gasteiger partial charge in [-0.05, 0) is 33.4 Å². The molecule has 0 saturated carbocycles. The molecule has 15 heteroatoms. The second kappa shape index (κ2) is 31.5. The topological polar surface area (TPSA) is 162 Å². The molecule has 12 rings (SSSR count). The van der Waals surface area contributed by atoms with Crippen LogP contribution in [0.2, 0.25) is 0 Å². The molecule has 12 nitrogen and oxygen atoms in total. The van der Waals surface area contributed by atoms with Gasteiger partial charge in [0.25, 0.3) is 0 Å². The number of aromatic nitrogens is 12. The summed E-state index contributed by atoms with van der Waals surface area (Å²) < 4.78 is 0. The van der Waals surface area contributed by atoms with Gasteiger partial charge in [0.05, 0.1) is 0 Å². The van der Waals surface area contributed by atoms with Crippen molar-refractivity contribution in [1.82, 2.24) is 61.2 Å². The molecule has 0 saturated heterocycles. The Labute approximate surface area is 442 Å². The van der Waals surface area contributed by atoms with E-state index in [1.165, 1.54) is 0 Å². The predicted octanol–water partition coefficient (Wildman–Crippen LogP) is 10.2. The average molecular weight is 1180 g/mol. The Morgan fingerprint density at radius 1 is 0.174 bits per heavy atom. The van der Waals surface area contributed by atoms with Crippen molar-refractivity contribution in [3.05, 3.63) is 256 Å². The first-order valence-electron chi connectivity index (χ1n) is 20.8. The van der Waals surface area contributed by atoms with E-state index in [4.69, 9.17) is 0 Å². The van der Waals surface area contributed by atoms with Crippen molar-refractivity contribution in [3.63, 3.8) is 0 Å². The third-order valence-electron chi connectivity index (χ3n) is 9.20. The van der Waals surface area contributed by atoms with E-state index in [0.717, 1.165) is 67.5 Å². The number of benzene rings is 6. The molecule has 6 heterocycles. The normalized spacial score (nSPS) is 9.39. The van der Waals surface area contributed by atoms with Crippen LogP contribution in [0.4, 0.5) is 0 Å². The van der Waals surface area contributed by atoms with Crippen molar-refractivity contribution in [3.8, 4) is 67.5 Å². The van der Waals surface area contributed by atoms with Crippen LogP contribution in [0.25, 0.3) is 67.5 Å². The number of hydrogen-bond donors (Lipinski definition) is 0. The van der Waals surface area contributed by atoms with Crippen LogP contribution < -0.4 is 30.6 Å². The summed E-state index contributed by atoms with van der Waals surface area (Å²) in [6, 6.07) is 71.4. The summed E-state index contributed by atoms with van der Waals surface area (Å²) in [5, 5.41) is 46.1. The van der Waals surface area contributed by atoms with E-state index in [1.807, 2.05) is 218 Å². The molecule has 6 aromatic heterocycles. The van der Waals surface area contributed by atoms with Crippen molar-refractivity contribution >= 4 is 0 Å². The van der Waals surface area contributed by atoms with Crippen molar-refractivity contribution in [2.45, 2.75) is 0 Å². The molecule has 0 aliphatic carbocycles. The Kier molecular flexibility index (Phi) is 24.8. The van der Waals surface area contributed by atoms with Crippen LogP contribution in [0.3, 0.4) is 0 Å². The molecule has 6 aromatic carbocycles. The predicted molar refractivity (Wildman–Crippen MR) is 258 cm³/mol. The van der Waals surface area contributed by atoms with Gasteiger partial charge in [-0.3, -0.25) is 0 Å². The second-order valence-electron chi connectivity index (χ2n) is 13.7. The first kappa shape index (κ1) is 54.2. The van der Waals surface area contributed by atoms with Crippen molar-refractivity contribution < 1.29 is 61.3 Å². The minimum Gasteiger partial charge on any atom is -0.581 e. The monoisotopic (exact) mass is 1180 g/mol. The summed E-state index contributed by atoms with van der Waals surface area (Å²) in [6.45, 7) is 0. The Morgan fingerprint density at radius 3 is 0.406 bits per heavy atom. The third kappa shape index (κ3) is 18.3. The zero-order chi connectivity index (χ0) is 45.1. The van der Waals surface area contributed by atoms with Crippen LogP contribution in [-0.4, -0.2) is 30.6 Å². The smallest absolute Gasteiger partial charge is 0.581 e. The van der Waals surface area contributed by atoms with E-state index >= 15 is 0 Å². The van der Waals surface area contributed by atoms with Crippen LogP contribution in [0.15, 0.2) is 256 Å². The third-order valence-corrected chi connectivity index (χ3v) is 9.20. The standard InChI is InChI=1S/6C9H7N2.3Pd/c6*1-2-4-8(5-3-1)9-6-7-10-11-9;;;/h6*1-7H;;;/q6*-1;3*+2. The Bertz CT molecular complexity index is 2420. The molecule has 0 spiro atoms. The fraction of sp³-hybridized carbons (Fsp3) is 0. The molecule has 0 aliphatic rings. The molecule has 0 unspecified atom stereocenters. The molecular formula is C54H42N12Pd3. The Balaban J connectivity index is 0.000000179. The van der Waals surface area contributed by atoms with E-state index in [9.17, 15) is 0 Å². The van der Waals surface area contributed by atoms with Crippen LogP contribution in [0, 0.1) is 0 Å². The van der Waals surface area contributed by atoms with Crippen LogP contribution in [0.1, 0.15) is 0 Å². The molecule has 0 atom stereocenters. The molecular weight excluding hydrogens is 1140 g/mol. The SMILES string of the molecule is [Pd+2].[Pd+2].[Pd+2].c1ccc(-c2cc[n-]n2)cc1.c1ccc(-c2cc[n-]n2)cc1.c1ccc(-c2cc[n-]n2)cc1.c1ccc(-c2cc[n-]n2)cc1.c1ccc(-c2cc[n-]n2)cc1.c1ccc(-c2cc[n-]n2)cc1. The van der Waals surface area contributed by atoms with Gasteiger partial charge in [0.1, 0.15) is 0 Å². The second-order valence-corrected chi connectivity index (χ2v) is 13.7. The summed E-state index contributed by atoms with van der Waals surface area (Å²) in [6.07, 6.45) is 10.2. The van der Waals surface area contributed by atoms with Crippen molar-refractivity contribution in [1.29, 1.82) is 0 Å². The first-order chi connectivity index (χ1) is 32.8. The Morgan fingerprint density at radius 2 is 0.304 bits per heavy atom. The van der Waals surface area contributed by atoms with Crippen LogP contribution in [-0.2, 0) is 61.3 Å². The van der Waals surface area contributed by atoms with Gasteiger partial charge in [-0.15, -0.1) is 0 Å². The van der Waals surface area contributed by atoms with Crippen LogP contribution in [0.5, 0.6) is 0 Å². The van der Waals surface area contributed by atoms with Gasteiger partial charge in [-0.25, -0.2) is 0 Å². The van der Waals surface area contributed by atoms with E-state index < -0.39 is 0 Å². The van der Waals surface area contributed by atoms with Crippen molar-refractivity contribution in [2.75, 3.05) is 0 Å². The maximum absolute atomic E-state index is 3.94. The largest absolute Gasteiger partial charge is 2.00 e. The summed E-state index contributed by atoms with van der Waals surface area (Å²) in [5.41, 5.74) is 12.3. The van der Waals surface area contributed by atoms with Gasteiger partial charge in [0.2, 0.25) is 0 Å². The van der Waals surface area contributed by atoms with E-state index in [2.05, 4.69) is 61.2 Å². The summed E-state index contributed by atoms with van der Waals surface area (Å²) in [4.78, 5) is 0. The van der Waals surface area contributed by atoms with Gasteiger partial charge < -0.3 is 61.2 Å². The molecule has 0 radical (unpaired) electrons. The molecule has 0 fully saturated rings. The molecule has 0 amide bonds. The average Bonchev–Trinajstić information content (AvgIpc) is 4.26. The minimum absolute atomic E-state index is 0. The number of rotatable bonds is 6. The number of nitrogens with zero attached hydrogens (tertiary/aromatic N) is 12. The quantitative estimate of drug-likeness (QED) is 0.145. The maximum atomic E-state index is 3.94. The zero-order valence-electron chi connectivity index (χ0n) is 36.6. The van der Waals surface area contributed by atoms with E-state index in [0.29, 0.717) is 0 Å². The van der Waals surface area contributed by atoms with Gasteiger partial charge in [-0.2, -0.15) is 37.2 Å². The number of hydrogen-bond acceptors (Lipinski definition) is 6. The van der Waals surface area contributed by atoms with E-state index in [1.54, 1.807) is 37.2 Å². The summed E-state index contributed by atoms with van der Waals surface area (Å²) in [7, 11) is 0. The van der Waals surface area contributed by atoms with Crippen LogP contribution >= 0.6 is 0 Å². The summed E-state index contributed by atoms with van der Waals surface area (Å²) >= 11 is 0. The van der Waals surface area contributed by atoms with Gasteiger partial charge >= 0.3 is 61.3 Å². The first-order valence-corrected chi connectivity index (χ1v) is 20.8. The van der Waals surface area contributed by atoms with Gasteiger partial charge in [-0.1, -0.05) is 218 Å². The fourth-order valence-corrected chi connectivity index (χ4v) is 5.97. The maximum Gasteiger partial charge on any atom is 2.00 e. The van der Waals surface area contributed by atoms with Gasteiger partial charge in [0.15, 0.2) is 0 Å². The van der Waals surface area contributed by atoms with Gasteiger partial charge in [0, 0.05) is 34.2 Å². The molecule has 12 aromatic rings. The zero-order valence-corrected chi connectivity index (χ0v) is 41.2. The molecule has 0 N–H and O–H groups in total. The van der Waals surface area contributed by atoms with Crippen molar-refractivity contribution in [2.24, 2.45) is 0 Å². The molecule has 0 aliphatic heterocycles. The molecule has 69 heavy (non-hydrogen) atoms. The Hall–Kier alpha value is -7.43. The molecule has 348 valence electrons. The summed E-state index contributed by atoms with van der Waals surface area (Å²) in [5.74, 6) is 0. The van der Waals surface area contributed by atoms with E-state index in [-0.39, 0.29) is 61.3 Å².